The second-order valence-corrected chi connectivity index (χ2v) is 10.6. The van der Waals surface area contributed by atoms with E-state index in [1.54, 1.807) is 12.5 Å². The first-order chi connectivity index (χ1) is 12.7. The summed E-state index contributed by atoms with van der Waals surface area (Å²) in [5.41, 5.74) is -1.34. The molecule has 3 N–H and O–H groups in total. The van der Waals surface area contributed by atoms with Crippen LogP contribution in [-0.2, 0) is 5.60 Å². The largest absolute Gasteiger partial charge is 0.472 e. The van der Waals surface area contributed by atoms with Crippen molar-refractivity contribution in [3.05, 3.63) is 24.2 Å². The van der Waals surface area contributed by atoms with E-state index in [1.165, 1.54) is 0 Å². The summed E-state index contributed by atoms with van der Waals surface area (Å²) in [5, 5.41) is 34.0. The fourth-order valence-corrected chi connectivity index (χ4v) is 8.18. The van der Waals surface area contributed by atoms with Gasteiger partial charge in [0, 0.05) is 11.0 Å². The Labute approximate surface area is 162 Å². The predicted molar refractivity (Wildman–Crippen MR) is 102 cm³/mol. The molecule has 150 valence electrons. The average Bonchev–Trinajstić information content (AvgIpc) is 3.24. The molecular weight excluding hydrogens is 340 g/mol. The van der Waals surface area contributed by atoms with Gasteiger partial charge in [-0.15, -0.1) is 0 Å². The number of rotatable bonds is 1. The number of aliphatic hydroxyl groups is 3. The first-order valence-electron chi connectivity index (χ1n) is 10.9. The van der Waals surface area contributed by atoms with Crippen LogP contribution in [0.3, 0.4) is 0 Å². The van der Waals surface area contributed by atoms with Crippen molar-refractivity contribution in [2.75, 3.05) is 0 Å². The Hall–Kier alpha value is -0.840. The molecule has 0 amide bonds. The van der Waals surface area contributed by atoms with Crippen molar-refractivity contribution in [2.45, 2.75) is 88.9 Å². The number of hydrogen-bond donors (Lipinski definition) is 3. The Morgan fingerprint density at radius 2 is 1.78 bits per heavy atom. The molecular formula is C23H34O4. The molecule has 4 aliphatic carbocycles. The molecule has 1 heterocycles. The molecule has 0 bridgehead atoms. The molecule has 4 saturated carbocycles. The lowest BCUT2D eigenvalue weighted by molar-refractivity contribution is -0.238. The van der Waals surface area contributed by atoms with Crippen LogP contribution in [0.5, 0.6) is 0 Å². The van der Waals surface area contributed by atoms with E-state index in [0.29, 0.717) is 24.7 Å². The molecule has 4 aliphatic rings. The Morgan fingerprint density at radius 3 is 2.52 bits per heavy atom. The maximum Gasteiger partial charge on any atom is 0.101 e. The minimum atomic E-state index is -1.01. The van der Waals surface area contributed by atoms with Gasteiger partial charge < -0.3 is 19.7 Å². The van der Waals surface area contributed by atoms with Gasteiger partial charge in [0.1, 0.15) is 5.60 Å². The van der Waals surface area contributed by atoms with Crippen molar-refractivity contribution in [1.82, 2.24) is 0 Å². The zero-order valence-electron chi connectivity index (χ0n) is 16.7. The smallest absolute Gasteiger partial charge is 0.101 e. The molecule has 1 aromatic rings. The summed E-state index contributed by atoms with van der Waals surface area (Å²) in [6.07, 6.45) is 11.3. The van der Waals surface area contributed by atoms with E-state index in [0.717, 1.165) is 50.5 Å². The summed E-state index contributed by atoms with van der Waals surface area (Å²) < 4.78 is 5.29. The maximum atomic E-state index is 12.1. The zero-order valence-corrected chi connectivity index (χ0v) is 16.7. The fraction of sp³-hybridized carbons (Fsp3) is 0.826. The molecule has 4 fully saturated rings. The van der Waals surface area contributed by atoms with Gasteiger partial charge in [0.2, 0.25) is 0 Å². The number of furan rings is 1. The molecule has 0 aromatic carbocycles. The lowest BCUT2D eigenvalue weighted by atomic mass is 9.43. The minimum Gasteiger partial charge on any atom is -0.472 e. The lowest BCUT2D eigenvalue weighted by Gasteiger charge is -2.64. The number of hydrogen-bond acceptors (Lipinski definition) is 4. The molecule has 0 saturated heterocycles. The Morgan fingerprint density at radius 1 is 0.963 bits per heavy atom. The quantitative estimate of drug-likeness (QED) is 0.695. The molecule has 4 heteroatoms. The van der Waals surface area contributed by atoms with Crippen LogP contribution in [0.25, 0.3) is 0 Å². The van der Waals surface area contributed by atoms with Crippen LogP contribution in [0.4, 0.5) is 0 Å². The molecule has 5 rings (SSSR count). The van der Waals surface area contributed by atoms with Gasteiger partial charge in [0.25, 0.3) is 0 Å². The van der Waals surface area contributed by atoms with E-state index in [1.807, 2.05) is 6.07 Å². The van der Waals surface area contributed by atoms with Gasteiger partial charge in [-0.1, -0.05) is 13.8 Å². The molecule has 27 heavy (non-hydrogen) atoms. The summed E-state index contributed by atoms with van der Waals surface area (Å²) in [6.45, 7) is 4.53. The van der Waals surface area contributed by atoms with Gasteiger partial charge in [-0.05, 0) is 87.0 Å². The topological polar surface area (TPSA) is 73.8 Å². The predicted octanol–water partition coefficient (Wildman–Crippen LogP) is 3.99. The fourth-order valence-electron chi connectivity index (χ4n) is 8.18. The third-order valence-corrected chi connectivity index (χ3v) is 9.97. The van der Waals surface area contributed by atoms with Crippen LogP contribution in [0.15, 0.2) is 23.0 Å². The van der Waals surface area contributed by atoms with E-state index in [2.05, 4.69) is 13.8 Å². The lowest BCUT2D eigenvalue weighted by Crippen LogP contribution is -2.64. The molecule has 0 spiro atoms. The van der Waals surface area contributed by atoms with Crippen LogP contribution in [0.2, 0.25) is 0 Å². The molecule has 0 radical (unpaired) electrons. The highest BCUT2D eigenvalue weighted by Gasteiger charge is 2.72. The highest BCUT2D eigenvalue weighted by Crippen LogP contribution is 2.71. The van der Waals surface area contributed by atoms with Gasteiger partial charge in [-0.25, -0.2) is 0 Å². The first-order valence-corrected chi connectivity index (χ1v) is 10.9. The summed E-state index contributed by atoms with van der Waals surface area (Å²) in [6, 6.07) is 1.86. The van der Waals surface area contributed by atoms with E-state index in [-0.39, 0.29) is 17.4 Å². The number of aliphatic hydroxyl groups excluding tert-OH is 1. The van der Waals surface area contributed by atoms with Crippen LogP contribution >= 0.6 is 0 Å². The van der Waals surface area contributed by atoms with Gasteiger partial charge in [0.15, 0.2) is 0 Å². The third-order valence-electron chi connectivity index (χ3n) is 9.97. The van der Waals surface area contributed by atoms with Crippen molar-refractivity contribution in [3.8, 4) is 0 Å². The van der Waals surface area contributed by atoms with Crippen LogP contribution in [0, 0.1) is 28.6 Å². The summed E-state index contributed by atoms with van der Waals surface area (Å²) in [4.78, 5) is 0. The van der Waals surface area contributed by atoms with Crippen LogP contribution < -0.4 is 0 Å². The Bertz CT molecular complexity index is 716. The van der Waals surface area contributed by atoms with E-state index in [4.69, 9.17) is 4.42 Å². The average molecular weight is 375 g/mol. The molecule has 1 aromatic heterocycles. The minimum absolute atomic E-state index is 0.144. The maximum absolute atomic E-state index is 12.1. The Kier molecular flexibility index (Phi) is 3.78. The van der Waals surface area contributed by atoms with Gasteiger partial charge in [-0.2, -0.15) is 0 Å². The summed E-state index contributed by atoms with van der Waals surface area (Å²) in [7, 11) is 0. The number of fused-ring (bicyclic) bond motifs is 5. The molecule has 8 atom stereocenters. The molecule has 3 unspecified atom stereocenters. The van der Waals surface area contributed by atoms with Crippen molar-refractivity contribution < 1.29 is 19.7 Å². The van der Waals surface area contributed by atoms with Gasteiger partial charge in [0.05, 0.1) is 24.2 Å². The highest BCUT2D eigenvalue weighted by molar-refractivity contribution is 5.30. The normalized spacial score (nSPS) is 54.9. The van der Waals surface area contributed by atoms with E-state index >= 15 is 0 Å². The molecule has 0 aliphatic heterocycles. The van der Waals surface area contributed by atoms with Crippen LogP contribution in [-0.4, -0.2) is 27.0 Å². The zero-order chi connectivity index (χ0) is 19.1. The van der Waals surface area contributed by atoms with E-state index < -0.39 is 16.6 Å². The second kappa shape index (κ2) is 5.61. The SMILES string of the molecule is C[C@]12CCC(O)CC1CC[C@@H]1[C@H]2CC[C@]2(C)C(O)(c3ccoc3)CC[C@@]12O. The van der Waals surface area contributed by atoms with E-state index in [9.17, 15) is 15.3 Å². The third kappa shape index (κ3) is 2.10. The highest BCUT2D eigenvalue weighted by atomic mass is 16.3. The second-order valence-electron chi connectivity index (χ2n) is 10.6. The van der Waals surface area contributed by atoms with Gasteiger partial charge >= 0.3 is 0 Å². The summed E-state index contributed by atoms with van der Waals surface area (Å²) >= 11 is 0. The standard InChI is InChI=1S/C23H34O4/c1-20-8-5-17(24)13-15(20)3-4-19-18(20)6-9-21(2)22(25,10-11-23(19,21)26)16-7-12-27-14-16/h7,12,14-15,17-19,24-26H,3-6,8-11,13H2,1-2H3/t15?,17?,18-,19-,20+,21-,22?,23-/m1/s1. The van der Waals surface area contributed by atoms with Crippen LogP contribution in [0.1, 0.15) is 77.2 Å². The van der Waals surface area contributed by atoms with Crippen molar-refractivity contribution in [1.29, 1.82) is 0 Å². The summed E-state index contributed by atoms with van der Waals surface area (Å²) in [5.74, 6) is 1.31. The first kappa shape index (κ1) is 18.2. The van der Waals surface area contributed by atoms with Crippen molar-refractivity contribution in [3.63, 3.8) is 0 Å². The van der Waals surface area contributed by atoms with Crippen molar-refractivity contribution in [2.24, 2.45) is 28.6 Å². The molecule has 4 nitrogen and oxygen atoms in total. The Balaban J connectivity index is 1.52. The van der Waals surface area contributed by atoms with Crippen molar-refractivity contribution >= 4 is 0 Å². The van der Waals surface area contributed by atoms with Gasteiger partial charge in [-0.3, -0.25) is 0 Å². The monoisotopic (exact) mass is 374 g/mol.